The Bertz CT molecular complexity index is 460. The van der Waals surface area contributed by atoms with E-state index in [0.717, 1.165) is 6.42 Å². The van der Waals surface area contributed by atoms with Gasteiger partial charge in [-0.2, -0.15) is 0 Å². The number of amides is 1. The third-order valence-electron chi connectivity index (χ3n) is 2.68. The number of hydrogen-bond donors (Lipinski definition) is 1. The molecule has 0 saturated heterocycles. The molecule has 0 radical (unpaired) electrons. The molecule has 98 valence electrons. The monoisotopic (exact) mass is 251 g/mol. The highest BCUT2D eigenvalue weighted by Crippen LogP contribution is 2.19. The lowest BCUT2D eigenvalue weighted by Crippen LogP contribution is -2.29. The van der Waals surface area contributed by atoms with Gasteiger partial charge in [0, 0.05) is 30.8 Å². The first-order valence-electron chi connectivity index (χ1n) is 5.68. The summed E-state index contributed by atoms with van der Waals surface area (Å²) in [6.07, 6.45) is 0.730. The number of nitrogens with two attached hydrogens (primary N) is 1. The summed E-state index contributed by atoms with van der Waals surface area (Å²) < 4.78 is 0. The van der Waals surface area contributed by atoms with Crippen molar-refractivity contribution >= 4 is 11.6 Å². The Morgan fingerprint density at radius 1 is 1.50 bits per heavy atom. The van der Waals surface area contributed by atoms with E-state index in [4.69, 9.17) is 5.73 Å². The van der Waals surface area contributed by atoms with Gasteiger partial charge in [-0.05, 0) is 32.0 Å². The lowest BCUT2D eigenvalue weighted by atomic mass is 10.1. The molecule has 0 fully saturated rings. The van der Waals surface area contributed by atoms with Crippen LogP contribution < -0.4 is 5.73 Å². The van der Waals surface area contributed by atoms with E-state index in [-0.39, 0.29) is 11.6 Å². The van der Waals surface area contributed by atoms with Crippen molar-refractivity contribution in [2.24, 2.45) is 5.73 Å². The molecule has 18 heavy (non-hydrogen) atoms. The van der Waals surface area contributed by atoms with Gasteiger partial charge in [-0.1, -0.05) is 0 Å². The van der Waals surface area contributed by atoms with Crippen LogP contribution in [0.1, 0.15) is 22.3 Å². The van der Waals surface area contributed by atoms with E-state index >= 15 is 0 Å². The largest absolute Gasteiger partial charge is 0.342 e. The smallest absolute Gasteiger partial charge is 0.272 e. The Labute approximate surface area is 106 Å². The molecule has 6 nitrogen and oxygen atoms in total. The van der Waals surface area contributed by atoms with Crippen LogP contribution >= 0.6 is 0 Å². The van der Waals surface area contributed by atoms with Crippen LogP contribution in [-0.4, -0.2) is 35.9 Å². The highest BCUT2D eigenvalue weighted by molar-refractivity contribution is 5.94. The topological polar surface area (TPSA) is 89.5 Å². The van der Waals surface area contributed by atoms with Gasteiger partial charge in [0.25, 0.3) is 11.6 Å². The van der Waals surface area contributed by atoms with Crippen molar-refractivity contribution in [1.82, 2.24) is 4.90 Å². The summed E-state index contributed by atoms with van der Waals surface area (Å²) in [5, 5.41) is 10.7. The number of carbonyl (C=O) groups excluding carboxylic acids is 1. The standard InChI is InChI=1S/C12H17N3O3/c1-9-8-10(4-5-11(9)15(17)18)12(16)14(2)7-3-6-13/h4-5,8H,3,6-7,13H2,1-2H3. The van der Waals surface area contributed by atoms with E-state index in [1.807, 2.05) is 0 Å². The average molecular weight is 251 g/mol. The molecule has 0 atom stereocenters. The van der Waals surface area contributed by atoms with Gasteiger partial charge in [0.1, 0.15) is 0 Å². The normalized spacial score (nSPS) is 10.2. The Morgan fingerprint density at radius 3 is 2.67 bits per heavy atom. The van der Waals surface area contributed by atoms with Crippen LogP contribution in [0.2, 0.25) is 0 Å². The van der Waals surface area contributed by atoms with E-state index in [2.05, 4.69) is 0 Å². The molecule has 0 unspecified atom stereocenters. The highest BCUT2D eigenvalue weighted by Gasteiger charge is 2.16. The molecule has 0 saturated carbocycles. The Hall–Kier alpha value is -1.95. The zero-order chi connectivity index (χ0) is 13.7. The summed E-state index contributed by atoms with van der Waals surface area (Å²) in [5.41, 5.74) is 6.34. The maximum absolute atomic E-state index is 12.0. The first kappa shape index (κ1) is 14.1. The molecule has 2 N–H and O–H groups in total. The summed E-state index contributed by atoms with van der Waals surface area (Å²) in [6.45, 7) is 2.72. The van der Waals surface area contributed by atoms with Gasteiger partial charge in [-0.15, -0.1) is 0 Å². The van der Waals surface area contributed by atoms with Crippen LogP contribution in [0, 0.1) is 17.0 Å². The number of carbonyl (C=O) groups is 1. The minimum absolute atomic E-state index is 0.0242. The Kier molecular flexibility index (Phi) is 4.79. The van der Waals surface area contributed by atoms with Gasteiger partial charge in [0.2, 0.25) is 0 Å². The summed E-state index contributed by atoms with van der Waals surface area (Å²) >= 11 is 0. The van der Waals surface area contributed by atoms with E-state index in [1.54, 1.807) is 24.9 Å². The van der Waals surface area contributed by atoms with Crippen LogP contribution in [0.3, 0.4) is 0 Å². The van der Waals surface area contributed by atoms with Crippen LogP contribution in [0.5, 0.6) is 0 Å². The van der Waals surface area contributed by atoms with Crippen molar-refractivity contribution in [3.8, 4) is 0 Å². The number of nitrogens with zero attached hydrogens (tertiary/aromatic N) is 2. The van der Waals surface area contributed by atoms with Crippen molar-refractivity contribution < 1.29 is 9.72 Å². The van der Waals surface area contributed by atoms with Crippen molar-refractivity contribution in [3.05, 3.63) is 39.4 Å². The minimum Gasteiger partial charge on any atom is -0.342 e. The van der Waals surface area contributed by atoms with Crippen molar-refractivity contribution in [2.45, 2.75) is 13.3 Å². The third-order valence-corrected chi connectivity index (χ3v) is 2.68. The van der Waals surface area contributed by atoms with Crippen molar-refractivity contribution in [3.63, 3.8) is 0 Å². The molecule has 0 aliphatic carbocycles. The van der Waals surface area contributed by atoms with Gasteiger partial charge in [-0.3, -0.25) is 14.9 Å². The van der Waals surface area contributed by atoms with Crippen LogP contribution in [0.15, 0.2) is 18.2 Å². The fourth-order valence-corrected chi connectivity index (χ4v) is 1.64. The second-order valence-electron chi connectivity index (χ2n) is 4.13. The molecular formula is C12H17N3O3. The number of hydrogen-bond acceptors (Lipinski definition) is 4. The quantitative estimate of drug-likeness (QED) is 0.631. The van der Waals surface area contributed by atoms with Gasteiger partial charge < -0.3 is 10.6 Å². The molecule has 0 aliphatic heterocycles. The van der Waals surface area contributed by atoms with E-state index in [9.17, 15) is 14.9 Å². The molecule has 6 heteroatoms. The number of nitro benzene ring substituents is 1. The summed E-state index contributed by atoms with van der Waals surface area (Å²) in [6, 6.07) is 4.38. The summed E-state index contributed by atoms with van der Waals surface area (Å²) in [4.78, 5) is 23.8. The second kappa shape index (κ2) is 6.11. The van der Waals surface area contributed by atoms with Gasteiger partial charge in [0.05, 0.1) is 4.92 Å². The maximum Gasteiger partial charge on any atom is 0.272 e. The average Bonchev–Trinajstić information content (AvgIpc) is 2.34. The minimum atomic E-state index is -0.457. The predicted molar refractivity (Wildman–Crippen MR) is 68.5 cm³/mol. The molecule has 0 aliphatic rings. The van der Waals surface area contributed by atoms with E-state index < -0.39 is 4.92 Å². The molecule has 1 aromatic rings. The zero-order valence-electron chi connectivity index (χ0n) is 10.5. The third kappa shape index (κ3) is 3.27. The zero-order valence-corrected chi connectivity index (χ0v) is 10.5. The number of benzene rings is 1. The SMILES string of the molecule is Cc1cc(C(=O)N(C)CCCN)ccc1[N+](=O)[O-]. The van der Waals surface area contributed by atoms with Gasteiger partial charge in [0.15, 0.2) is 0 Å². The Morgan fingerprint density at radius 2 is 2.17 bits per heavy atom. The Balaban J connectivity index is 2.87. The van der Waals surface area contributed by atoms with E-state index in [0.29, 0.717) is 24.2 Å². The number of nitro groups is 1. The molecule has 1 rings (SSSR count). The maximum atomic E-state index is 12.0. The van der Waals surface area contributed by atoms with Crippen molar-refractivity contribution in [1.29, 1.82) is 0 Å². The first-order valence-corrected chi connectivity index (χ1v) is 5.68. The highest BCUT2D eigenvalue weighted by atomic mass is 16.6. The van der Waals surface area contributed by atoms with Gasteiger partial charge >= 0.3 is 0 Å². The first-order chi connectivity index (χ1) is 8.47. The number of rotatable bonds is 5. The second-order valence-corrected chi connectivity index (χ2v) is 4.13. The lowest BCUT2D eigenvalue weighted by Gasteiger charge is -2.16. The summed E-state index contributed by atoms with van der Waals surface area (Å²) in [5.74, 6) is -0.151. The molecular weight excluding hydrogens is 234 g/mol. The van der Waals surface area contributed by atoms with Crippen molar-refractivity contribution in [2.75, 3.05) is 20.1 Å². The fourth-order valence-electron chi connectivity index (χ4n) is 1.64. The molecule has 1 amide bonds. The van der Waals surface area contributed by atoms with Crippen LogP contribution in [0.25, 0.3) is 0 Å². The van der Waals surface area contributed by atoms with Gasteiger partial charge in [-0.25, -0.2) is 0 Å². The predicted octanol–water partition coefficient (Wildman–Crippen LogP) is 1.32. The molecule has 0 spiro atoms. The lowest BCUT2D eigenvalue weighted by molar-refractivity contribution is -0.385. The summed E-state index contributed by atoms with van der Waals surface area (Å²) in [7, 11) is 1.69. The molecule has 1 aromatic carbocycles. The molecule has 0 aromatic heterocycles. The van der Waals surface area contributed by atoms with Crippen LogP contribution in [0.4, 0.5) is 5.69 Å². The molecule has 0 bridgehead atoms. The molecule has 0 heterocycles. The van der Waals surface area contributed by atoms with E-state index in [1.165, 1.54) is 12.1 Å². The van der Waals surface area contributed by atoms with Crippen LogP contribution in [-0.2, 0) is 0 Å². The number of aryl methyl sites for hydroxylation is 1. The fraction of sp³-hybridized carbons (Fsp3) is 0.417.